The number of carbonyl (C=O) groups excluding carboxylic acids is 1. The molecule has 0 amide bonds. The molecular formula is C17H25N3O3S3. The Hall–Kier alpha value is -0.870. The molecule has 1 aromatic heterocycles. The average Bonchev–Trinajstić information content (AvgIpc) is 3.00. The Kier molecular flexibility index (Phi) is 7.56. The van der Waals surface area contributed by atoms with Gasteiger partial charge in [-0.2, -0.15) is 11.8 Å². The highest BCUT2D eigenvalue weighted by atomic mass is 32.2. The van der Waals surface area contributed by atoms with Gasteiger partial charge in [-0.3, -0.25) is 4.90 Å². The lowest BCUT2D eigenvalue weighted by Gasteiger charge is -2.26. The minimum atomic E-state index is -0.254. The second kappa shape index (κ2) is 9.89. The third kappa shape index (κ3) is 5.10. The predicted molar refractivity (Wildman–Crippen MR) is 112 cm³/mol. The molecule has 0 saturated carbocycles. The zero-order chi connectivity index (χ0) is 18.4. The van der Waals surface area contributed by atoms with Gasteiger partial charge in [0.15, 0.2) is 5.11 Å². The van der Waals surface area contributed by atoms with Gasteiger partial charge in [-0.15, -0.1) is 11.3 Å². The predicted octanol–water partition coefficient (Wildman–Crippen LogP) is 2.33. The summed E-state index contributed by atoms with van der Waals surface area (Å²) in [5.41, 5.74) is 1.80. The van der Waals surface area contributed by atoms with Crippen molar-refractivity contribution in [1.82, 2.24) is 10.2 Å². The third-order valence-corrected chi connectivity index (χ3v) is 6.91. The molecule has 3 rings (SSSR count). The molecule has 2 aliphatic heterocycles. The van der Waals surface area contributed by atoms with Crippen LogP contribution in [0.15, 0.2) is 0 Å². The number of carbonyl (C=O) groups is 1. The number of nitrogens with one attached hydrogen (secondary N) is 2. The number of esters is 1. The molecule has 1 aromatic rings. The lowest BCUT2D eigenvalue weighted by Crippen LogP contribution is -2.42. The van der Waals surface area contributed by atoms with Gasteiger partial charge in [0.25, 0.3) is 0 Å². The number of thiocarbonyl (C=S) groups is 1. The maximum Gasteiger partial charge on any atom is 0.341 e. The molecule has 0 radical (unpaired) electrons. The maximum absolute atomic E-state index is 12.5. The Morgan fingerprint density at radius 1 is 1.38 bits per heavy atom. The van der Waals surface area contributed by atoms with Gasteiger partial charge in [0.05, 0.1) is 25.4 Å². The molecule has 0 spiro atoms. The van der Waals surface area contributed by atoms with Crippen molar-refractivity contribution in [3.05, 3.63) is 16.0 Å². The summed E-state index contributed by atoms with van der Waals surface area (Å²) in [7, 11) is 0. The molecule has 0 bridgehead atoms. The second-order valence-corrected chi connectivity index (χ2v) is 8.68. The quantitative estimate of drug-likeness (QED) is 0.542. The summed E-state index contributed by atoms with van der Waals surface area (Å²) in [4.78, 5) is 16.1. The molecule has 1 fully saturated rings. The molecule has 9 heteroatoms. The molecule has 26 heavy (non-hydrogen) atoms. The van der Waals surface area contributed by atoms with Gasteiger partial charge in [-0.05, 0) is 36.9 Å². The number of anilines is 1. The summed E-state index contributed by atoms with van der Waals surface area (Å²) in [6, 6.07) is 0. The van der Waals surface area contributed by atoms with E-state index in [-0.39, 0.29) is 5.97 Å². The second-order valence-electron chi connectivity index (χ2n) is 6.07. The summed E-state index contributed by atoms with van der Waals surface area (Å²) in [6.07, 6.45) is 0.906. The summed E-state index contributed by atoms with van der Waals surface area (Å²) in [5, 5.41) is 7.83. The van der Waals surface area contributed by atoms with Crippen molar-refractivity contribution in [2.45, 2.75) is 19.1 Å². The Balaban J connectivity index is 1.59. The first-order chi connectivity index (χ1) is 12.7. The lowest BCUT2D eigenvalue weighted by molar-refractivity contribution is 0.0389. The first-order valence-electron chi connectivity index (χ1n) is 8.93. The number of nitrogens with zero attached hydrogens (tertiary/aromatic N) is 1. The number of rotatable bonds is 6. The van der Waals surface area contributed by atoms with Crippen molar-refractivity contribution in [3.8, 4) is 0 Å². The Morgan fingerprint density at radius 2 is 2.19 bits per heavy atom. The van der Waals surface area contributed by atoms with Crippen LogP contribution in [0.1, 0.15) is 27.7 Å². The van der Waals surface area contributed by atoms with E-state index in [4.69, 9.17) is 21.7 Å². The molecule has 3 heterocycles. The number of ether oxygens (including phenoxy) is 2. The Morgan fingerprint density at radius 3 is 2.96 bits per heavy atom. The van der Waals surface area contributed by atoms with E-state index in [1.165, 1.54) is 4.88 Å². The van der Waals surface area contributed by atoms with E-state index < -0.39 is 0 Å². The van der Waals surface area contributed by atoms with E-state index in [1.807, 2.05) is 18.7 Å². The minimum Gasteiger partial charge on any atom is -0.462 e. The first-order valence-corrected chi connectivity index (χ1v) is 11.3. The molecule has 0 unspecified atom stereocenters. The Labute approximate surface area is 168 Å². The highest BCUT2D eigenvalue weighted by Crippen LogP contribution is 2.39. The summed E-state index contributed by atoms with van der Waals surface area (Å²) in [6.45, 7) is 7.41. The van der Waals surface area contributed by atoms with Crippen LogP contribution in [0, 0.1) is 0 Å². The number of thioether (sulfide) groups is 1. The number of hydrogen-bond donors (Lipinski definition) is 2. The molecule has 0 aromatic carbocycles. The van der Waals surface area contributed by atoms with E-state index in [0.29, 0.717) is 17.3 Å². The summed E-state index contributed by atoms with van der Waals surface area (Å²) >= 11 is 8.96. The van der Waals surface area contributed by atoms with E-state index >= 15 is 0 Å². The smallest absolute Gasteiger partial charge is 0.341 e. The highest BCUT2D eigenvalue weighted by Gasteiger charge is 2.27. The van der Waals surface area contributed by atoms with Gasteiger partial charge in [-0.25, -0.2) is 4.79 Å². The average molecular weight is 416 g/mol. The van der Waals surface area contributed by atoms with E-state index in [9.17, 15) is 4.79 Å². The summed E-state index contributed by atoms with van der Waals surface area (Å²) in [5.74, 6) is 1.74. The molecular weight excluding hydrogens is 390 g/mol. The highest BCUT2D eigenvalue weighted by molar-refractivity contribution is 7.98. The van der Waals surface area contributed by atoms with Gasteiger partial charge in [0.1, 0.15) is 5.00 Å². The summed E-state index contributed by atoms with van der Waals surface area (Å²) < 4.78 is 10.6. The number of thiophene rings is 1. The molecule has 2 N–H and O–H groups in total. The van der Waals surface area contributed by atoms with Crippen LogP contribution in [0.2, 0.25) is 0 Å². The number of hydrogen-bond acceptors (Lipinski definition) is 7. The van der Waals surface area contributed by atoms with Crippen LogP contribution in [-0.2, 0) is 21.6 Å². The van der Waals surface area contributed by atoms with E-state index in [2.05, 4.69) is 15.5 Å². The van der Waals surface area contributed by atoms with Crippen molar-refractivity contribution in [3.63, 3.8) is 0 Å². The SMILES string of the molecule is CCOC(=O)c1c(NC(=S)NCCN2CCOCC2)sc2c1CCSC2. The van der Waals surface area contributed by atoms with Gasteiger partial charge >= 0.3 is 5.97 Å². The first kappa shape index (κ1) is 19.9. The van der Waals surface area contributed by atoms with Crippen molar-refractivity contribution in [2.24, 2.45) is 0 Å². The van der Waals surface area contributed by atoms with Crippen molar-refractivity contribution in [2.75, 3.05) is 57.1 Å². The normalized spacial score (nSPS) is 17.4. The van der Waals surface area contributed by atoms with Crippen molar-refractivity contribution < 1.29 is 14.3 Å². The molecule has 144 valence electrons. The van der Waals surface area contributed by atoms with Crippen LogP contribution in [0.25, 0.3) is 0 Å². The fourth-order valence-electron chi connectivity index (χ4n) is 3.04. The Bertz CT molecular complexity index is 645. The molecule has 1 saturated heterocycles. The topological polar surface area (TPSA) is 62.8 Å². The van der Waals surface area contributed by atoms with Gasteiger partial charge < -0.3 is 20.1 Å². The molecule has 0 aliphatic carbocycles. The standard InChI is InChI=1S/C17H25N3O3S3/c1-2-23-16(21)14-12-3-10-25-11-13(12)26-15(14)19-17(24)18-4-5-20-6-8-22-9-7-20/h2-11H2,1H3,(H2,18,19,24). The fourth-order valence-corrected chi connectivity index (χ4v) is 5.68. The maximum atomic E-state index is 12.5. The zero-order valence-corrected chi connectivity index (χ0v) is 17.4. The largest absolute Gasteiger partial charge is 0.462 e. The third-order valence-electron chi connectivity index (χ3n) is 4.34. The van der Waals surface area contributed by atoms with Gasteiger partial charge in [0, 0.05) is 36.8 Å². The van der Waals surface area contributed by atoms with Gasteiger partial charge in [-0.1, -0.05) is 0 Å². The minimum absolute atomic E-state index is 0.254. The van der Waals surface area contributed by atoms with Crippen LogP contribution in [0.5, 0.6) is 0 Å². The molecule has 6 nitrogen and oxygen atoms in total. The van der Waals surface area contributed by atoms with Crippen molar-refractivity contribution >= 4 is 51.4 Å². The van der Waals surface area contributed by atoms with E-state index in [0.717, 1.165) is 67.9 Å². The van der Waals surface area contributed by atoms with Crippen LogP contribution >= 0.6 is 35.3 Å². The molecule has 2 aliphatic rings. The number of morpholine rings is 1. The number of fused-ring (bicyclic) bond motifs is 1. The van der Waals surface area contributed by atoms with E-state index in [1.54, 1.807) is 11.3 Å². The van der Waals surface area contributed by atoms with Crippen LogP contribution < -0.4 is 10.6 Å². The fraction of sp³-hybridized carbons (Fsp3) is 0.647. The van der Waals surface area contributed by atoms with Crippen LogP contribution in [-0.4, -0.2) is 67.7 Å². The monoisotopic (exact) mass is 415 g/mol. The van der Waals surface area contributed by atoms with Crippen LogP contribution in [0.4, 0.5) is 5.00 Å². The lowest BCUT2D eigenvalue weighted by atomic mass is 10.1. The van der Waals surface area contributed by atoms with Crippen molar-refractivity contribution in [1.29, 1.82) is 0 Å². The molecule has 0 atom stereocenters. The van der Waals surface area contributed by atoms with Crippen LogP contribution in [0.3, 0.4) is 0 Å². The zero-order valence-electron chi connectivity index (χ0n) is 15.0. The van der Waals surface area contributed by atoms with Gasteiger partial charge in [0.2, 0.25) is 0 Å².